The van der Waals surface area contributed by atoms with Gasteiger partial charge < -0.3 is 10.1 Å². The SMILES string of the molecule is CCCOC(C)CC(C)NC(=O)CCN1C(=O)C=CC1=O. The van der Waals surface area contributed by atoms with Crippen LogP contribution in [0.25, 0.3) is 0 Å². The normalized spacial score (nSPS) is 17.2. The van der Waals surface area contributed by atoms with E-state index < -0.39 is 0 Å². The first-order valence-corrected chi connectivity index (χ1v) is 7.38. The Labute approximate surface area is 125 Å². The summed E-state index contributed by atoms with van der Waals surface area (Å²) in [7, 11) is 0. The largest absolute Gasteiger partial charge is 0.378 e. The lowest BCUT2D eigenvalue weighted by molar-refractivity contribution is -0.137. The highest BCUT2D eigenvalue weighted by Gasteiger charge is 2.23. The Morgan fingerprint density at radius 2 is 1.90 bits per heavy atom. The van der Waals surface area contributed by atoms with Crippen molar-refractivity contribution < 1.29 is 19.1 Å². The molecule has 0 radical (unpaired) electrons. The Bertz CT molecular complexity index is 402. The molecular weight excluding hydrogens is 272 g/mol. The molecule has 1 aliphatic rings. The molecule has 0 aliphatic carbocycles. The third-order valence-electron chi connectivity index (χ3n) is 3.16. The highest BCUT2D eigenvalue weighted by atomic mass is 16.5. The number of carbonyl (C=O) groups excluding carboxylic acids is 3. The minimum absolute atomic E-state index is 0.00698. The van der Waals surface area contributed by atoms with Crippen LogP contribution in [0.2, 0.25) is 0 Å². The zero-order valence-electron chi connectivity index (χ0n) is 12.9. The predicted molar refractivity (Wildman–Crippen MR) is 78.4 cm³/mol. The van der Waals surface area contributed by atoms with E-state index in [0.717, 1.165) is 17.7 Å². The van der Waals surface area contributed by atoms with Crippen molar-refractivity contribution in [1.82, 2.24) is 10.2 Å². The van der Waals surface area contributed by atoms with Gasteiger partial charge in [-0.25, -0.2) is 0 Å². The smallest absolute Gasteiger partial charge is 0.253 e. The van der Waals surface area contributed by atoms with Gasteiger partial charge in [-0.2, -0.15) is 0 Å². The van der Waals surface area contributed by atoms with Gasteiger partial charge in [0.1, 0.15) is 0 Å². The third-order valence-corrected chi connectivity index (χ3v) is 3.16. The Morgan fingerprint density at radius 3 is 2.48 bits per heavy atom. The monoisotopic (exact) mass is 296 g/mol. The van der Waals surface area contributed by atoms with Gasteiger partial charge >= 0.3 is 0 Å². The second kappa shape index (κ2) is 8.56. The van der Waals surface area contributed by atoms with E-state index in [4.69, 9.17) is 4.74 Å². The zero-order chi connectivity index (χ0) is 15.8. The maximum absolute atomic E-state index is 11.8. The average molecular weight is 296 g/mol. The number of amides is 3. The molecule has 1 aliphatic heterocycles. The second-order valence-corrected chi connectivity index (χ2v) is 5.30. The Kier molecular flexibility index (Phi) is 7.08. The molecule has 0 aromatic rings. The molecule has 118 valence electrons. The van der Waals surface area contributed by atoms with E-state index in [2.05, 4.69) is 5.32 Å². The van der Waals surface area contributed by atoms with Gasteiger partial charge in [0.25, 0.3) is 11.8 Å². The number of hydrogen-bond acceptors (Lipinski definition) is 4. The highest BCUT2D eigenvalue weighted by Crippen LogP contribution is 2.06. The molecule has 6 nitrogen and oxygen atoms in total. The summed E-state index contributed by atoms with van der Waals surface area (Å²) in [6.07, 6.45) is 4.34. The predicted octanol–water partition coefficient (Wildman–Crippen LogP) is 1.01. The lowest BCUT2D eigenvalue weighted by Crippen LogP contribution is -2.38. The molecule has 6 heteroatoms. The van der Waals surface area contributed by atoms with Crippen molar-refractivity contribution in [1.29, 1.82) is 0 Å². The summed E-state index contributed by atoms with van der Waals surface area (Å²) in [5, 5.41) is 2.85. The fourth-order valence-corrected chi connectivity index (χ4v) is 2.16. The molecule has 0 aromatic carbocycles. The van der Waals surface area contributed by atoms with Gasteiger partial charge in [0.2, 0.25) is 5.91 Å². The number of nitrogens with zero attached hydrogens (tertiary/aromatic N) is 1. The van der Waals surface area contributed by atoms with Crippen LogP contribution in [0.4, 0.5) is 0 Å². The minimum Gasteiger partial charge on any atom is -0.378 e. The molecule has 21 heavy (non-hydrogen) atoms. The fourth-order valence-electron chi connectivity index (χ4n) is 2.16. The Hall–Kier alpha value is -1.69. The molecule has 0 spiro atoms. The Morgan fingerprint density at radius 1 is 1.29 bits per heavy atom. The maximum atomic E-state index is 11.8. The van der Waals surface area contributed by atoms with Gasteiger partial charge in [0, 0.05) is 37.8 Å². The summed E-state index contributed by atoms with van der Waals surface area (Å²) in [6.45, 7) is 6.77. The quantitative estimate of drug-likeness (QED) is 0.644. The number of rotatable bonds is 9. The topological polar surface area (TPSA) is 75.7 Å². The summed E-state index contributed by atoms with van der Waals surface area (Å²) in [5.74, 6) is -0.887. The molecule has 0 saturated carbocycles. The van der Waals surface area contributed by atoms with E-state index in [1.165, 1.54) is 12.2 Å². The zero-order valence-corrected chi connectivity index (χ0v) is 12.9. The average Bonchev–Trinajstić information content (AvgIpc) is 2.73. The standard InChI is InChI=1S/C15H24N2O4/c1-4-9-21-12(3)10-11(2)16-13(18)7-8-17-14(19)5-6-15(17)20/h5-6,11-12H,4,7-10H2,1-3H3,(H,16,18). The third kappa shape index (κ3) is 6.08. The van der Waals surface area contributed by atoms with Gasteiger partial charge in [-0.3, -0.25) is 19.3 Å². The highest BCUT2D eigenvalue weighted by molar-refractivity contribution is 6.13. The number of hydrogen-bond donors (Lipinski definition) is 1. The van der Waals surface area contributed by atoms with Gasteiger partial charge in [-0.1, -0.05) is 6.92 Å². The fraction of sp³-hybridized carbons (Fsp3) is 0.667. The van der Waals surface area contributed by atoms with E-state index in [-0.39, 0.29) is 42.8 Å². The van der Waals surface area contributed by atoms with Crippen LogP contribution in [0, 0.1) is 0 Å². The van der Waals surface area contributed by atoms with Gasteiger partial charge in [0.15, 0.2) is 0 Å². The summed E-state index contributed by atoms with van der Waals surface area (Å²) >= 11 is 0. The van der Waals surface area contributed by atoms with Crippen LogP contribution >= 0.6 is 0 Å². The summed E-state index contributed by atoms with van der Waals surface area (Å²) in [5.41, 5.74) is 0. The molecule has 0 aromatic heterocycles. The Balaban J connectivity index is 2.24. The van der Waals surface area contributed by atoms with Crippen molar-refractivity contribution in [2.45, 2.75) is 52.2 Å². The van der Waals surface area contributed by atoms with Crippen LogP contribution in [0.5, 0.6) is 0 Å². The lowest BCUT2D eigenvalue weighted by Gasteiger charge is -2.20. The van der Waals surface area contributed by atoms with E-state index in [0.29, 0.717) is 6.61 Å². The number of imide groups is 1. The maximum Gasteiger partial charge on any atom is 0.253 e. The van der Waals surface area contributed by atoms with Gasteiger partial charge in [-0.05, 0) is 26.7 Å². The molecule has 1 heterocycles. The van der Waals surface area contributed by atoms with E-state index in [1.54, 1.807) is 0 Å². The van der Waals surface area contributed by atoms with Crippen molar-refractivity contribution in [3.05, 3.63) is 12.2 Å². The van der Waals surface area contributed by atoms with Crippen LogP contribution in [0.3, 0.4) is 0 Å². The first-order valence-electron chi connectivity index (χ1n) is 7.38. The number of nitrogens with one attached hydrogen (secondary N) is 1. The first kappa shape index (κ1) is 17.4. The number of ether oxygens (including phenoxy) is 1. The lowest BCUT2D eigenvalue weighted by atomic mass is 10.1. The van der Waals surface area contributed by atoms with Crippen molar-refractivity contribution in [2.24, 2.45) is 0 Å². The van der Waals surface area contributed by atoms with Crippen LogP contribution in [0.1, 0.15) is 40.0 Å². The molecule has 3 amide bonds. The molecule has 0 fully saturated rings. The first-order chi connectivity index (χ1) is 9.93. The van der Waals surface area contributed by atoms with Crippen LogP contribution in [0.15, 0.2) is 12.2 Å². The van der Waals surface area contributed by atoms with Crippen molar-refractivity contribution >= 4 is 17.7 Å². The minimum atomic E-state index is -0.359. The van der Waals surface area contributed by atoms with E-state index >= 15 is 0 Å². The molecule has 2 unspecified atom stereocenters. The van der Waals surface area contributed by atoms with E-state index in [1.807, 2.05) is 20.8 Å². The van der Waals surface area contributed by atoms with Gasteiger partial charge in [-0.15, -0.1) is 0 Å². The van der Waals surface area contributed by atoms with Crippen molar-refractivity contribution in [3.63, 3.8) is 0 Å². The summed E-state index contributed by atoms with van der Waals surface area (Å²) < 4.78 is 5.56. The number of carbonyl (C=O) groups is 3. The van der Waals surface area contributed by atoms with Gasteiger partial charge in [0.05, 0.1) is 6.10 Å². The molecule has 0 bridgehead atoms. The molecule has 2 atom stereocenters. The molecule has 1 rings (SSSR count). The van der Waals surface area contributed by atoms with Crippen molar-refractivity contribution in [3.8, 4) is 0 Å². The molecule has 1 N–H and O–H groups in total. The van der Waals surface area contributed by atoms with Crippen LogP contribution in [-0.2, 0) is 19.1 Å². The van der Waals surface area contributed by atoms with Crippen LogP contribution < -0.4 is 5.32 Å². The molecular formula is C15H24N2O4. The summed E-state index contributed by atoms with van der Waals surface area (Å²) in [4.78, 5) is 35.5. The van der Waals surface area contributed by atoms with E-state index in [9.17, 15) is 14.4 Å². The summed E-state index contributed by atoms with van der Waals surface area (Å²) in [6, 6.07) is -0.00698. The van der Waals surface area contributed by atoms with Crippen molar-refractivity contribution in [2.75, 3.05) is 13.2 Å². The second-order valence-electron chi connectivity index (χ2n) is 5.30. The van der Waals surface area contributed by atoms with Crippen LogP contribution in [-0.4, -0.2) is 47.9 Å². The molecule has 0 saturated heterocycles.